The molecule has 0 aromatic heterocycles. The Morgan fingerprint density at radius 3 is 2.27 bits per heavy atom. The summed E-state index contributed by atoms with van der Waals surface area (Å²) in [5.41, 5.74) is 3.54. The molecule has 1 aliphatic rings. The Balaban J connectivity index is 1.75. The summed E-state index contributed by atoms with van der Waals surface area (Å²) in [5, 5.41) is 4.99. The van der Waals surface area contributed by atoms with Crippen LogP contribution in [-0.2, 0) is 0 Å². The number of benzene rings is 4. The molecule has 0 spiro atoms. The molecule has 0 aliphatic heterocycles. The predicted molar refractivity (Wildman–Crippen MR) is 130 cm³/mol. The molecule has 0 saturated carbocycles. The van der Waals surface area contributed by atoms with Gasteiger partial charge in [-0.2, -0.15) is 0 Å². The fourth-order valence-corrected chi connectivity index (χ4v) is 4.10. The second kappa shape index (κ2) is 7.35. The first kappa shape index (κ1) is 18.4. The lowest BCUT2D eigenvalue weighted by atomic mass is 9.93. The van der Waals surface area contributed by atoms with E-state index in [9.17, 15) is 0 Å². The van der Waals surface area contributed by atoms with Crippen LogP contribution in [0.15, 0.2) is 121 Å². The lowest BCUT2D eigenvalue weighted by molar-refractivity contribution is 0.627. The van der Waals surface area contributed by atoms with Gasteiger partial charge in [0.1, 0.15) is 0 Å². The van der Waals surface area contributed by atoms with Crippen LogP contribution in [-0.4, -0.2) is 0 Å². The summed E-state index contributed by atoms with van der Waals surface area (Å²) >= 11 is 0. The van der Waals surface area contributed by atoms with Crippen LogP contribution in [0.4, 0.5) is 11.4 Å². The summed E-state index contributed by atoms with van der Waals surface area (Å²) in [4.78, 5) is 2.37. The van der Waals surface area contributed by atoms with E-state index in [0.29, 0.717) is 0 Å². The van der Waals surface area contributed by atoms with Gasteiger partial charge in [0.05, 0.1) is 5.69 Å². The van der Waals surface area contributed by atoms with Crippen molar-refractivity contribution >= 4 is 32.9 Å². The number of hydrogen-bond acceptors (Lipinski definition) is 1. The van der Waals surface area contributed by atoms with E-state index in [2.05, 4.69) is 134 Å². The lowest BCUT2D eigenvalue weighted by Gasteiger charge is -2.28. The van der Waals surface area contributed by atoms with E-state index in [1.54, 1.807) is 0 Å². The Labute approximate surface area is 178 Å². The number of nitrogens with zero attached hydrogens (tertiary/aromatic N) is 1. The quantitative estimate of drug-likeness (QED) is 0.343. The topological polar surface area (TPSA) is 3.24 Å². The molecule has 5 rings (SSSR count). The van der Waals surface area contributed by atoms with Crippen LogP contribution in [0.2, 0.25) is 0 Å². The van der Waals surface area contributed by atoms with Crippen molar-refractivity contribution in [1.82, 2.24) is 0 Å². The van der Waals surface area contributed by atoms with Crippen molar-refractivity contribution in [2.75, 3.05) is 4.90 Å². The summed E-state index contributed by atoms with van der Waals surface area (Å²) in [7, 11) is 0. The minimum absolute atomic E-state index is 0.0338. The summed E-state index contributed by atoms with van der Waals surface area (Å²) in [6.45, 7) is 4.46. The molecular formula is C29H25N. The number of allylic oxidation sites excluding steroid dienone is 5. The molecule has 0 heterocycles. The van der Waals surface area contributed by atoms with E-state index >= 15 is 0 Å². The molecule has 0 fully saturated rings. The third-order valence-electron chi connectivity index (χ3n) is 5.73. The molecule has 4 aromatic carbocycles. The second-order valence-corrected chi connectivity index (χ2v) is 8.47. The van der Waals surface area contributed by atoms with Crippen molar-refractivity contribution in [2.24, 2.45) is 5.41 Å². The second-order valence-electron chi connectivity index (χ2n) is 8.47. The van der Waals surface area contributed by atoms with Crippen molar-refractivity contribution in [2.45, 2.75) is 13.8 Å². The molecule has 4 aromatic rings. The molecule has 0 unspecified atom stereocenters. The fourth-order valence-electron chi connectivity index (χ4n) is 4.10. The van der Waals surface area contributed by atoms with Gasteiger partial charge in [-0.1, -0.05) is 98.8 Å². The van der Waals surface area contributed by atoms with Crippen LogP contribution in [0, 0.1) is 5.41 Å². The van der Waals surface area contributed by atoms with Crippen LogP contribution in [0.3, 0.4) is 0 Å². The van der Waals surface area contributed by atoms with Crippen LogP contribution in [0.25, 0.3) is 21.5 Å². The Hall–Kier alpha value is -3.58. The largest absolute Gasteiger partial charge is 0.310 e. The molecule has 0 saturated heterocycles. The lowest BCUT2D eigenvalue weighted by Crippen LogP contribution is -2.15. The van der Waals surface area contributed by atoms with E-state index in [1.165, 1.54) is 27.2 Å². The number of hydrogen-bond donors (Lipinski definition) is 0. The molecule has 146 valence electrons. The van der Waals surface area contributed by atoms with Gasteiger partial charge in [0.2, 0.25) is 0 Å². The molecule has 1 aliphatic carbocycles. The van der Waals surface area contributed by atoms with Gasteiger partial charge in [-0.25, -0.2) is 0 Å². The SMILES string of the molecule is CC1(C)C=CC=C(N(c2ccc3ccccc3c2)c2cccc3ccccc23)C=C1. The standard InChI is InChI=1S/C29H25N/c1-29(2)19-8-13-25(18-20-29)30(26-17-16-22-9-3-4-11-24(22)21-26)28-15-7-12-23-10-5-6-14-27(23)28/h3-21H,1-2H3. The Bertz CT molecular complexity index is 1320. The normalized spacial score (nSPS) is 15.2. The molecule has 0 atom stereocenters. The predicted octanol–water partition coefficient (Wildman–Crippen LogP) is 8.17. The van der Waals surface area contributed by atoms with Crippen molar-refractivity contribution < 1.29 is 0 Å². The van der Waals surface area contributed by atoms with Gasteiger partial charge in [-0.05, 0) is 46.5 Å². The zero-order chi connectivity index (χ0) is 20.6. The average molecular weight is 388 g/mol. The maximum absolute atomic E-state index is 2.37. The first-order chi connectivity index (χ1) is 14.6. The summed E-state index contributed by atoms with van der Waals surface area (Å²) < 4.78 is 0. The number of fused-ring (bicyclic) bond motifs is 2. The highest BCUT2D eigenvalue weighted by atomic mass is 15.1. The van der Waals surface area contributed by atoms with Crippen LogP contribution < -0.4 is 4.90 Å². The van der Waals surface area contributed by atoms with Gasteiger partial charge >= 0.3 is 0 Å². The van der Waals surface area contributed by atoms with Crippen molar-refractivity contribution in [3.63, 3.8) is 0 Å². The van der Waals surface area contributed by atoms with E-state index in [-0.39, 0.29) is 5.41 Å². The summed E-state index contributed by atoms with van der Waals surface area (Å²) in [6.07, 6.45) is 11.2. The monoisotopic (exact) mass is 387 g/mol. The van der Waals surface area contributed by atoms with Gasteiger partial charge in [-0.3, -0.25) is 0 Å². The summed E-state index contributed by atoms with van der Waals surface area (Å²) in [5.74, 6) is 0. The van der Waals surface area contributed by atoms with Crippen LogP contribution in [0.5, 0.6) is 0 Å². The minimum Gasteiger partial charge on any atom is -0.310 e. The Kier molecular flexibility index (Phi) is 4.52. The molecule has 1 heteroatoms. The Morgan fingerprint density at radius 2 is 1.40 bits per heavy atom. The van der Waals surface area contributed by atoms with Gasteiger partial charge in [0.15, 0.2) is 0 Å². The Morgan fingerprint density at radius 1 is 0.667 bits per heavy atom. The maximum atomic E-state index is 2.37. The van der Waals surface area contributed by atoms with Gasteiger partial charge < -0.3 is 4.90 Å². The van der Waals surface area contributed by atoms with Gasteiger partial charge in [-0.15, -0.1) is 0 Å². The molecule has 0 amide bonds. The molecule has 1 nitrogen and oxygen atoms in total. The first-order valence-corrected chi connectivity index (χ1v) is 10.5. The first-order valence-electron chi connectivity index (χ1n) is 10.5. The zero-order valence-electron chi connectivity index (χ0n) is 17.4. The van der Waals surface area contributed by atoms with Crippen LogP contribution >= 0.6 is 0 Å². The molecule has 30 heavy (non-hydrogen) atoms. The smallest absolute Gasteiger partial charge is 0.0540 e. The van der Waals surface area contributed by atoms with E-state index in [4.69, 9.17) is 0 Å². The molecule has 0 bridgehead atoms. The third-order valence-corrected chi connectivity index (χ3v) is 5.73. The molecular weight excluding hydrogens is 362 g/mol. The minimum atomic E-state index is 0.0338. The fraction of sp³-hybridized carbons (Fsp3) is 0.103. The zero-order valence-corrected chi connectivity index (χ0v) is 17.4. The van der Waals surface area contributed by atoms with E-state index < -0.39 is 0 Å². The average Bonchev–Trinajstić information content (AvgIpc) is 2.95. The highest BCUT2D eigenvalue weighted by Gasteiger charge is 2.18. The summed E-state index contributed by atoms with van der Waals surface area (Å²) in [6, 6.07) is 30.4. The highest BCUT2D eigenvalue weighted by Crippen LogP contribution is 2.38. The van der Waals surface area contributed by atoms with Gasteiger partial charge in [0.25, 0.3) is 0 Å². The molecule has 0 N–H and O–H groups in total. The number of rotatable bonds is 3. The maximum Gasteiger partial charge on any atom is 0.0540 e. The van der Waals surface area contributed by atoms with Crippen molar-refractivity contribution in [3.05, 3.63) is 121 Å². The van der Waals surface area contributed by atoms with Crippen molar-refractivity contribution in [3.8, 4) is 0 Å². The van der Waals surface area contributed by atoms with E-state index in [0.717, 1.165) is 11.4 Å². The van der Waals surface area contributed by atoms with Gasteiger partial charge in [0, 0.05) is 22.2 Å². The van der Waals surface area contributed by atoms with Crippen molar-refractivity contribution in [1.29, 1.82) is 0 Å². The highest BCUT2D eigenvalue weighted by molar-refractivity contribution is 5.98. The molecule has 0 radical (unpaired) electrons. The third kappa shape index (κ3) is 3.44. The van der Waals surface area contributed by atoms with E-state index in [1.807, 2.05) is 0 Å². The van der Waals surface area contributed by atoms with Crippen LogP contribution in [0.1, 0.15) is 13.8 Å². The number of anilines is 2.